The van der Waals surface area contributed by atoms with Crippen LogP contribution in [0.5, 0.6) is 5.75 Å². The predicted octanol–water partition coefficient (Wildman–Crippen LogP) is 1.93. The van der Waals surface area contributed by atoms with Crippen LogP contribution in [0.2, 0.25) is 0 Å². The van der Waals surface area contributed by atoms with E-state index in [4.69, 9.17) is 15.2 Å². The summed E-state index contributed by atoms with van der Waals surface area (Å²) in [5.74, 6) is 0.902. The van der Waals surface area contributed by atoms with Crippen molar-refractivity contribution in [2.24, 2.45) is 11.7 Å². The lowest BCUT2D eigenvalue weighted by Crippen LogP contribution is -2.49. The number of esters is 1. The molecule has 5 nitrogen and oxygen atoms in total. The van der Waals surface area contributed by atoms with E-state index in [0.29, 0.717) is 19.0 Å². The Kier molecular flexibility index (Phi) is 4.73. The van der Waals surface area contributed by atoms with Crippen LogP contribution >= 0.6 is 0 Å². The summed E-state index contributed by atoms with van der Waals surface area (Å²) in [6, 6.07) is 5.55. The molecule has 2 atom stereocenters. The van der Waals surface area contributed by atoms with Crippen LogP contribution in [0.4, 0.5) is 5.69 Å². The fourth-order valence-corrected chi connectivity index (χ4v) is 2.52. The normalized spacial score (nSPS) is 19.0. The Hall–Kier alpha value is -1.75. The molecule has 1 aromatic rings. The van der Waals surface area contributed by atoms with Gasteiger partial charge in [-0.3, -0.25) is 0 Å². The first-order valence-electron chi connectivity index (χ1n) is 7.32. The van der Waals surface area contributed by atoms with Crippen LogP contribution in [0.25, 0.3) is 0 Å². The highest BCUT2D eigenvalue weighted by atomic mass is 16.5. The van der Waals surface area contributed by atoms with Crippen molar-refractivity contribution in [1.29, 1.82) is 0 Å². The molecule has 116 valence electrons. The van der Waals surface area contributed by atoms with Crippen LogP contribution in [-0.4, -0.2) is 31.8 Å². The Morgan fingerprint density at radius 3 is 2.76 bits per heavy atom. The Labute approximate surface area is 126 Å². The van der Waals surface area contributed by atoms with Crippen molar-refractivity contribution in [3.63, 3.8) is 0 Å². The fraction of sp³-hybridized carbons (Fsp3) is 0.562. The molecule has 0 saturated heterocycles. The molecular formula is C16H24N2O3. The quantitative estimate of drug-likeness (QED) is 0.859. The van der Waals surface area contributed by atoms with E-state index in [-0.39, 0.29) is 18.1 Å². The maximum Gasteiger partial charge on any atom is 0.328 e. The van der Waals surface area contributed by atoms with Crippen molar-refractivity contribution in [2.45, 2.75) is 39.5 Å². The fourth-order valence-electron chi connectivity index (χ4n) is 2.52. The average Bonchev–Trinajstić information content (AvgIpc) is 2.51. The van der Waals surface area contributed by atoms with Gasteiger partial charge in [0, 0.05) is 6.54 Å². The van der Waals surface area contributed by atoms with Crippen LogP contribution in [-0.2, 0) is 16.1 Å². The second-order valence-corrected chi connectivity index (χ2v) is 5.76. The Morgan fingerprint density at radius 1 is 1.48 bits per heavy atom. The third kappa shape index (κ3) is 3.13. The molecule has 1 aromatic carbocycles. The molecule has 0 fully saturated rings. The van der Waals surface area contributed by atoms with Gasteiger partial charge in [0.25, 0.3) is 0 Å². The van der Waals surface area contributed by atoms with Crippen LogP contribution < -0.4 is 15.4 Å². The van der Waals surface area contributed by atoms with Crippen molar-refractivity contribution in [3.05, 3.63) is 23.8 Å². The Balaban J connectivity index is 2.39. The number of methoxy groups -OCH3 is 1. The molecule has 2 rings (SSSR count). The Morgan fingerprint density at radius 2 is 2.19 bits per heavy atom. The number of rotatable bonds is 4. The molecule has 1 heterocycles. The first-order valence-corrected chi connectivity index (χ1v) is 7.32. The zero-order valence-electron chi connectivity index (χ0n) is 13.1. The summed E-state index contributed by atoms with van der Waals surface area (Å²) in [4.78, 5) is 13.9. The van der Waals surface area contributed by atoms with E-state index in [1.54, 1.807) is 0 Å². The maximum absolute atomic E-state index is 11.9. The SMILES string of the molecule is COC(=O)C(C)N1CC(C(C)C)Oc2cc(CN)ccc21. The van der Waals surface area contributed by atoms with E-state index >= 15 is 0 Å². The van der Waals surface area contributed by atoms with Gasteiger partial charge in [-0.2, -0.15) is 0 Å². The highest BCUT2D eigenvalue weighted by Gasteiger charge is 2.33. The first kappa shape index (κ1) is 15.6. The van der Waals surface area contributed by atoms with E-state index < -0.39 is 0 Å². The van der Waals surface area contributed by atoms with Crippen molar-refractivity contribution >= 4 is 11.7 Å². The molecule has 1 aliphatic heterocycles. The van der Waals surface area contributed by atoms with Crippen molar-refractivity contribution < 1.29 is 14.3 Å². The van der Waals surface area contributed by atoms with Gasteiger partial charge in [0.1, 0.15) is 17.9 Å². The number of hydrogen-bond donors (Lipinski definition) is 1. The summed E-state index contributed by atoms with van der Waals surface area (Å²) in [7, 11) is 1.41. The minimum atomic E-state index is -0.345. The Bertz CT molecular complexity index is 516. The van der Waals surface area contributed by atoms with Gasteiger partial charge in [-0.1, -0.05) is 19.9 Å². The lowest BCUT2D eigenvalue weighted by atomic mass is 10.0. The maximum atomic E-state index is 11.9. The molecule has 0 amide bonds. The molecule has 0 saturated carbocycles. The van der Waals surface area contributed by atoms with Gasteiger partial charge in [0.05, 0.1) is 19.3 Å². The molecule has 5 heteroatoms. The van der Waals surface area contributed by atoms with Crippen LogP contribution in [0, 0.1) is 5.92 Å². The number of anilines is 1. The van der Waals surface area contributed by atoms with Gasteiger partial charge in [-0.05, 0) is 30.5 Å². The summed E-state index contributed by atoms with van der Waals surface area (Å²) in [6.07, 6.45) is 0.0395. The second kappa shape index (κ2) is 6.35. The topological polar surface area (TPSA) is 64.8 Å². The smallest absolute Gasteiger partial charge is 0.328 e. The number of hydrogen-bond acceptors (Lipinski definition) is 5. The molecule has 0 spiro atoms. The van der Waals surface area contributed by atoms with Gasteiger partial charge in [0.15, 0.2) is 0 Å². The van der Waals surface area contributed by atoms with Crippen molar-refractivity contribution in [2.75, 3.05) is 18.6 Å². The molecule has 0 bridgehead atoms. The predicted molar refractivity (Wildman–Crippen MR) is 82.4 cm³/mol. The summed E-state index contributed by atoms with van der Waals surface area (Å²) in [5.41, 5.74) is 7.63. The standard InChI is InChI=1S/C16H24N2O3/c1-10(2)15-9-18(11(3)16(19)20-4)13-6-5-12(8-17)7-14(13)21-15/h5-7,10-11,15H,8-9,17H2,1-4H3. The number of benzene rings is 1. The molecule has 0 radical (unpaired) electrons. The molecule has 1 aliphatic rings. The summed E-state index contributed by atoms with van der Waals surface area (Å²) >= 11 is 0. The monoisotopic (exact) mass is 292 g/mol. The molecule has 21 heavy (non-hydrogen) atoms. The van der Waals surface area contributed by atoms with E-state index in [1.807, 2.05) is 25.1 Å². The van der Waals surface area contributed by atoms with E-state index in [9.17, 15) is 4.79 Å². The van der Waals surface area contributed by atoms with Gasteiger partial charge in [-0.15, -0.1) is 0 Å². The number of carbonyl (C=O) groups is 1. The average molecular weight is 292 g/mol. The molecular weight excluding hydrogens is 268 g/mol. The molecule has 0 aliphatic carbocycles. The van der Waals surface area contributed by atoms with E-state index in [2.05, 4.69) is 18.7 Å². The van der Waals surface area contributed by atoms with Gasteiger partial charge in [0.2, 0.25) is 0 Å². The molecule has 2 unspecified atom stereocenters. The van der Waals surface area contributed by atoms with Crippen LogP contribution in [0.15, 0.2) is 18.2 Å². The van der Waals surface area contributed by atoms with Gasteiger partial charge < -0.3 is 20.1 Å². The van der Waals surface area contributed by atoms with Gasteiger partial charge in [-0.25, -0.2) is 4.79 Å². The number of fused-ring (bicyclic) bond motifs is 1. The summed E-state index contributed by atoms with van der Waals surface area (Å²) in [5, 5.41) is 0. The van der Waals surface area contributed by atoms with Gasteiger partial charge >= 0.3 is 5.97 Å². The zero-order chi connectivity index (χ0) is 15.6. The van der Waals surface area contributed by atoms with E-state index in [1.165, 1.54) is 7.11 Å². The van der Waals surface area contributed by atoms with Crippen molar-refractivity contribution in [1.82, 2.24) is 0 Å². The minimum Gasteiger partial charge on any atom is -0.486 e. The molecule has 0 aromatic heterocycles. The van der Waals surface area contributed by atoms with Crippen molar-refractivity contribution in [3.8, 4) is 5.75 Å². The molecule has 2 N–H and O–H groups in total. The number of nitrogens with zero attached hydrogens (tertiary/aromatic N) is 1. The van der Waals surface area contributed by atoms with E-state index in [0.717, 1.165) is 17.0 Å². The number of ether oxygens (including phenoxy) is 2. The third-order valence-corrected chi connectivity index (χ3v) is 3.98. The largest absolute Gasteiger partial charge is 0.486 e. The van der Waals surface area contributed by atoms with Crippen LogP contribution in [0.1, 0.15) is 26.3 Å². The lowest BCUT2D eigenvalue weighted by molar-refractivity contribution is -0.141. The summed E-state index contributed by atoms with van der Waals surface area (Å²) < 4.78 is 11.0. The lowest BCUT2D eigenvalue weighted by Gasteiger charge is -2.40. The first-order chi connectivity index (χ1) is 9.97. The second-order valence-electron chi connectivity index (χ2n) is 5.76. The third-order valence-electron chi connectivity index (χ3n) is 3.98. The number of nitrogens with two attached hydrogens (primary N) is 1. The highest BCUT2D eigenvalue weighted by molar-refractivity contribution is 5.81. The van der Waals surface area contributed by atoms with Crippen LogP contribution in [0.3, 0.4) is 0 Å². The zero-order valence-corrected chi connectivity index (χ0v) is 13.1. The number of carbonyl (C=O) groups excluding carboxylic acids is 1. The highest BCUT2D eigenvalue weighted by Crippen LogP contribution is 2.37. The summed E-state index contributed by atoms with van der Waals surface area (Å²) in [6.45, 7) is 7.22. The minimum absolute atomic E-state index is 0.0395.